The third-order valence-corrected chi connectivity index (χ3v) is 5.85. The third kappa shape index (κ3) is 5.41. The largest absolute Gasteiger partial charge is 0.487 e. The number of fused-ring (bicyclic) bond motifs is 1. The van der Waals surface area contributed by atoms with Crippen molar-refractivity contribution in [3.8, 4) is 5.75 Å². The second kappa shape index (κ2) is 10.0. The van der Waals surface area contributed by atoms with E-state index in [4.69, 9.17) is 4.74 Å². The van der Waals surface area contributed by atoms with E-state index in [-0.39, 0.29) is 0 Å². The molecular weight excluding hydrogens is 410 g/mol. The normalized spacial score (nSPS) is 12.0. The highest BCUT2D eigenvalue weighted by Crippen LogP contribution is 2.25. The number of hydrogen-bond donors (Lipinski definition) is 1. The Bertz CT molecular complexity index is 1290. The molecule has 0 spiro atoms. The zero-order chi connectivity index (χ0) is 22.3. The summed E-state index contributed by atoms with van der Waals surface area (Å²) in [5.74, 6) is 2.01. The molecule has 0 saturated carbocycles. The molecule has 6 heteroatoms. The number of ether oxygens (including phenoxy) is 1. The number of nitrogens with one attached hydrogen (secondary N) is 1. The minimum atomic E-state index is 0.343. The van der Waals surface area contributed by atoms with Crippen LogP contribution in [0.25, 0.3) is 10.9 Å². The highest BCUT2D eigenvalue weighted by molar-refractivity contribution is 5.78. The first-order chi connectivity index (χ1) is 16.3. The van der Waals surface area contributed by atoms with Crippen LogP contribution in [-0.2, 0) is 19.4 Å². The topological polar surface area (TPSA) is 76.6 Å². The minimum absolute atomic E-state index is 0.343. The lowest BCUT2D eigenvalue weighted by molar-refractivity contribution is 0.301. The molecule has 0 saturated heterocycles. The molecule has 5 aromatic rings. The Morgan fingerprint density at radius 3 is 2.45 bits per heavy atom. The summed E-state index contributed by atoms with van der Waals surface area (Å²) in [4.78, 5) is 4.67. The van der Waals surface area contributed by atoms with Crippen LogP contribution in [0.4, 0.5) is 0 Å². The highest BCUT2D eigenvalue weighted by atomic mass is 16.5. The first kappa shape index (κ1) is 20.8. The van der Waals surface area contributed by atoms with Crippen molar-refractivity contribution < 1.29 is 4.74 Å². The SMILES string of the molecule is c1ccc(C(CCc2ccc(OCc3ccc4ccccc4n3)cc2)Cc2nnn[nH]2)cc1. The minimum Gasteiger partial charge on any atom is -0.487 e. The van der Waals surface area contributed by atoms with Gasteiger partial charge in [0.1, 0.15) is 18.2 Å². The Labute approximate surface area is 192 Å². The number of benzene rings is 3. The molecule has 1 unspecified atom stereocenters. The van der Waals surface area contributed by atoms with Gasteiger partial charge in [-0.05, 0) is 64.6 Å². The van der Waals surface area contributed by atoms with Gasteiger partial charge in [0.15, 0.2) is 0 Å². The molecule has 0 aliphatic heterocycles. The molecule has 2 aromatic heterocycles. The summed E-state index contributed by atoms with van der Waals surface area (Å²) in [6, 6.07) is 31.1. The van der Waals surface area contributed by atoms with Gasteiger partial charge in [-0.15, -0.1) is 5.10 Å². The van der Waals surface area contributed by atoms with Crippen LogP contribution < -0.4 is 4.74 Å². The molecule has 1 atom stereocenters. The van der Waals surface area contributed by atoms with Crippen LogP contribution in [-0.4, -0.2) is 25.6 Å². The number of para-hydroxylation sites is 1. The molecule has 0 amide bonds. The maximum absolute atomic E-state index is 5.97. The lowest BCUT2D eigenvalue weighted by Gasteiger charge is -2.16. The van der Waals surface area contributed by atoms with Gasteiger partial charge in [0.2, 0.25) is 0 Å². The fourth-order valence-electron chi connectivity index (χ4n) is 4.05. The second-order valence-corrected chi connectivity index (χ2v) is 8.13. The third-order valence-electron chi connectivity index (χ3n) is 5.85. The van der Waals surface area contributed by atoms with Gasteiger partial charge in [0, 0.05) is 11.8 Å². The molecule has 0 bridgehead atoms. The van der Waals surface area contributed by atoms with Crippen LogP contribution in [0.1, 0.15) is 35.0 Å². The summed E-state index contributed by atoms with van der Waals surface area (Å²) in [6.45, 7) is 0.450. The molecular formula is C27H25N5O. The second-order valence-electron chi connectivity index (χ2n) is 8.13. The van der Waals surface area contributed by atoms with E-state index in [0.717, 1.165) is 47.4 Å². The van der Waals surface area contributed by atoms with Gasteiger partial charge in [0.05, 0.1) is 11.2 Å². The van der Waals surface area contributed by atoms with Crippen molar-refractivity contribution in [2.75, 3.05) is 0 Å². The Kier molecular flexibility index (Phi) is 6.33. The van der Waals surface area contributed by atoms with Crippen LogP contribution in [0, 0.1) is 0 Å². The summed E-state index contributed by atoms with van der Waals surface area (Å²) >= 11 is 0. The van der Waals surface area contributed by atoms with Crippen molar-refractivity contribution in [1.82, 2.24) is 25.6 Å². The lowest BCUT2D eigenvalue weighted by atomic mass is 9.89. The van der Waals surface area contributed by atoms with Gasteiger partial charge in [-0.1, -0.05) is 66.7 Å². The number of hydrogen-bond acceptors (Lipinski definition) is 5. The van der Waals surface area contributed by atoms with Crippen LogP contribution in [0.2, 0.25) is 0 Å². The summed E-state index contributed by atoms with van der Waals surface area (Å²) in [5, 5.41) is 15.5. The molecule has 0 fully saturated rings. The lowest BCUT2D eigenvalue weighted by Crippen LogP contribution is -2.06. The predicted octanol–water partition coefficient (Wildman–Crippen LogP) is 5.29. The molecule has 5 rings (SSSR count). The van der Waals surface area contributed by atoms with Crippen LogP contribution in [0.5, 0.6) is 5.75 Å². The number of H-pyrrole nitrogens is 1. The Balaban J connectivity index is 1.19. The van der Waals surface area contributed by atoms with E-state index >= 15 is 0 Å². The van der Waals surface area contributed by atoms with E-state index in [1.807, 2.05) is 42.5 Å². The highest BCUT2D eigenvalue weighted by Gasteiger charge is 2.14. The number of pyridine rings is 1. The summed E-state index contributed by atoms with van der Waals surface area (Å²) in [6.07, 6.45) is 2.76. The summed E-state index contributed by atoms with van der Waals surface area (Å²) in [5.41, 5.74) is 4.49. The first-order valence-corrected chi connectivity index (χ1v) is 11.2. The standard InChI is InChI=1S/C27H25N5O/c1-2-6-21(7-3-1)23(18-27-29-31-32-30-27)13-10-20-11-16-25(17-12-20)33-19-24-15-14-22-8-4-5-9-26(22)28-24/h1-9,11-12,14-17,23H,10,13,18-19H2,(H,29,30,31,32). The zero-order valence-corrected chi connectivity index (χ0v) is 18.3. The maximum atomic E-state index is 5.97. The molecule has 0 radical (unpaired) electrons. The van der Waals surface area contributed by atoms with Crippen molar-refractivity contribution in [2.24, 2.45) is 0 Å². The van der Waals surface area contributed by atoms with Gasteiger partial charge < -0.3 is 4.74 Å². The maximum Gasteiger partial charge on any atom is 0.149 e. The number of aromatic nitrogens is 5. The Morgan fingerprint density at radius 2 is 1.64 bits per heavy atom. The van der Waals surface area contributed by atoms with Crippen molar-refractivity contribution >= 4 is 10.9 Å². The average molecular weight is 436 g/mol. The van der Waals surface area contributed by atoms with Gasteiger partial charge >= 0.3 is 0 Å². The van der Waals surface area contributed by atoms with E-state index in [1.165, 1.54) is 11.1 Å². The van der Waals surface area contributed by atoms with Gasteiger partial charge in [-0.3, -0.25) is 0 Å². The number of aryl methyl sites for hydroxylation is 1. The number of rotatable bonds is 9. The number of tetrazole rings is 1. The fraction of sp³-hybridized carbons (Fsp3) is 0.185. The van der Waals surface area contributed by atoms with Gasteiger partial charge in [-0.25, -0.2) is 10.1 Å². The van der Waals surface area contributed by atoms with Crippen molar-refractivity contribution in [3.63, 3.8) is 0 Å². The first-order valence-electron chi connectivity index (χ1n) is 11.2. The smallest absolute Gasteiger partial charge is 0.149 e. The Hall–Kier alpha value is -4.06. The fourth-order valence-corrected chi connectivity index (χ4v) is 4.05. The van der Waals surface area contributed by atoms with E-state index in [2.05, 4.69) is 74.1 Å². The molecule has 33 heavy (non-hydrogen) atoms. The molecule has 0 aliphatic rings. The number of aromatic amines is 1. The zero-order valence-electron chi connectivity index (χ0n) is 18.3. The average Bonchev–Trinajstić information content (AvgIpc) is 3.39. The van der Waals surface area contributed by atoms with Crippen LogP contribution >= 0.6 is 0 Å². The Morgan fingerprint density at radius 1 is 0.818 bits per heavy atom. The quantitative estimate of drug-likeness (QED) is 0.341. The molecule has 2 heterocycles. The van der Waals surface area contributed by atoms with E-state index < -0.39 is 0 Å². The van der Waals surface area contributed by atoms with Crippen LogP contribution in [0.15, 0.2) is 91.0 Å². The molecule has 0 aliphatic carbocycles. The van der Waals surface area contributed by atoms with Crippen molar-refractivity contribution in [3.05, 3.63) is 114 Å². The van der Waals surface area contributed by atoms with E-state index in [1.54, 1.807) is 0 Å². The molecule has 6 nitrogen and oxygen atoms in total. The van der Waals surface area contributed by atoms with Crippen molar-refractivity contribution in [2.45, 2.75) is 31.8 Å². The molecule has 3 aromatic carbocycles. The molecule has 164 valence electrons. The van der Waals surface area contributed by atoms with Gasteiger partial charge in [-0.2, -0.15) is 0 Å². The van der Waals surface area contributed by atoms with Gasteiger partial charge in [0.25, 0.3) is 0 Å². The van der Waals surface area contributed by atoms with E-state index in [9.17, 15) is 0 Å². The monoisotopic (exact) mass is 435 g/mol. The van der Waals surface area contributed by atoms with Crippen LogP contribution in [0.3, 0.4) is 0 Å². The number of nitrogens with zero attached hydrogens (tertiary/aromatic N) is 4. The summed E-state index contributed by atoms with van der Waals surface area (Å²) < 4.78 is 5.97. The van der Waals surface area contributed by atoms with Crippen molar-refractivity contribution in [1.29, 1.82) is 0 Å². The van der Waals surface area contributed by atoms with E-state index in [0.29, 0.717) is 12.5 Å². The molecule has 1 N–H and O–H groups in total. The summed E-state index contributed by atoms with van der Waals surface area (Å²) in [7, 11) is 0. The predicted molar refractivity (Wildman–Crippen MR) is 128 cm³/mol.